The van der Waals surface area contributed by atoms with E-state index in [1.165, 1.54) is 5.69 Å². The second kappa shape index (κ2) is 7.51. The van der Waals surface area contributed by atoms with E-state index in [-0.39, 0.29) is 0 Å². The van der Waals surface area contributed by atoms with Crippen molar-refractivity contribution in [3.8, 4) is 11.5 Å². The van der Waals surface area contributed by atoms with E-state index in [0.29, 0.717) is 17.6 Å². The summed E-state index contributed by atoms with van der Waals surface area (Å²) >= 11 is 0. The van der Waals surface area contributed by atoms with Crippen LogP contribution in [-0.4, -0.2) is 39.7 Å². The lowest BCUT2D eigenvalue weighted by atomic mass is 9.96. The molecule has 0 spiro atoms. The fourth-order valence-corrected chi connectivity index (χ4v) is 3.32. The molecule has 26 heavy (non-hydrogen) atoms. The van der Waals surface area contributed by atoms with Gasteiger partial charge in [0.05, 0.1) is 5.56 Å². The molecule has 0 bridgehead atoms. The maximum absolute atomic E-state index is 5.29. The van der Waals surface area contributed by atoms with Crippen LogP contribution in [0.15, 0.2) is 47.4 Å². The van der Waals surface area contributed by atoms with Gasteiger partial charge < -0.3 is 14.7 Å². The molecule has 0 atom stereocenters. The molecule has 0 radical (unpaired) electrons. The SMILES string of the molecule is Cc1noc(-c2cccnc2NCC2CCN(c3ccncc3)CC2)n1. The Hall–Kier alpha value is -2.96. The number of nitrogens with one attached hydrogen (secondary N) is 1. The number of aryl methyl sites for hydroxylation is 1. The highest BCUT2D eigenvalue weighted by Crippen LogP contribution is 2.26. The molecule has 7 heteroatoms. The summed E-state index contributed by atoms with van der Waals surface area (Å²) in [7, 11) is 0. The lowest BCUT2D eigenvalue weighted by molar-refractivity contribution is 0.421. The van der Waals surface area contributed by atoms with E-state index in [1.807, 2.05) is 31.5 Å². The van der Waals surface area contributed by atoms with Crippen molar-refractivity contribution in [1.29, 1.82) is 0 Å². The second-order valence-corrected chi connectivity index (χ2v) is 6.56. The van der Waals surface area contributed by atoms with Gasteiger partial charge >= 0.3 is 0 Å². The van der Waals surface area contributed by atoms with Crippen LogP contribution in [0.2, 0.25) is 0 Å². The van der Waals surface area contributed by atoms with Gasteiger partial charge in [-0.15, -0.1) is 0 Å². The molecule has 134 valence electrons. The number of nitrogens with zero attached hydrogens (tertiary/aromatic N) is 5. The first-order valence-corrected chi connectivity index (χ1v) is 8.94. The molecule has 7 nitrogen and oxygen atoms in total. The van der Waals surface area contributed by atoms with Gasteiger partial charge in [0.1, 0.15) is 5.82 Å². The number of hydrogen-bond donors (Lipinski definition) is 1. The number of piperidine rings is 1. The van der Waals surface area contributed by atoms with E-state index >= 15 is 0 Å². The molecule has 1 fully saturated rings. The van der Waals surface area contributed by atoms with Gasteiger partial charge in [-0.05, 0) is 49.9 Å². The molecule has 1 aliphatic heterocycles. The van der Waals surface area contributed by atoms with Crippen LogP contribution in [0.3, 0.4) is 0 Å². The zero-order valence-electron chi connectivity index (χ0n) is 14.8. The fourth-order valence-electron chi connectivity index (χ4n) is 3.32. The molecule has 4 rings (SSSR count). The van der Waals surface area contributed by atoms with Gasteiger partial charge in [-0.2, -0.15) is 4.98 Å². The largest absolute Gasteiger partial charge is 0.371 e. The summed E-state index contributed by atoms with van der Waals surface area (Å²) in [6, 6.07) is 7.98. The average molecular weight is 350 g/mol. The molecule has 3 aromatic heterocycles. The van der Waals surface area contributed by atoms with Crippen molar-refractivity contribution in [2.24, 2.45) is 5.92 Å². The van der Waals surface area contributed by atoms with Crippen molar-refractivity contribution in [3.05, 3.63) is 48.7 Å². The van der Waals surface area contributed by atoms with Gasteiger partial charge in [-0.3, -0.25) is 4.98 Å². The Bertz CT molecular complexity index is 842. The maximum Gasteiger partial charge on any atom is 0.261 e. The van der Waals surface area contributed by atoms with Gasteiger partial charge in [-0.25, -0.2) is 4.98 Å². The van der Waals surface area contributed by atoms with Crippen LogP contribution in [0.5, 0.6) is 0 Å². The maximum atomic E-state index is 5.29. The predicted molar refractivity (Wildman–Crippen MR) is 99.9 cm³/mol. The Morgan fingerprint density at radius 1 is 1.15 bits per heavy atom. The minimum Gasteiger partial charge on any atom is -0.371 e. The first-order chi connectivity index (χ1) is 12.8. The van der Waals surface area contributed by atoms with Crippen LogP contribution in [-0.2, 0) is 0 Å². The van der Waals surface area contributed by atoms with E-state index in [4.69, 9.17) is 4.52 Å². The summed E-state index contributed by atoms with van der Waals surface area (Å²) in [6.07, 6.45) is 7.78. The molecule has 1 aliphatic rings. The van der Waals surface area contributed by atoms with Gasteiger partial charge in [0.2, 0.25) is 0 Å². The summed E-state index contributed by atoms with van der Waals surface area (Å²) in [5, 5.41) is 7.35. The number of pyridine rings is 2. The minimum atomic E-state index is 0.505. The monoisotopic (exact) mass is 350 g/mol. The quantitative estimate of drug-likeness (QED) is 0.757. The topological polar surface area (TPSA) is 80.0 Å². The van der Waals surface area contributed by atoms with E-state index in [2.05, 4.69) is 42.5 Å². The Morgan fingerprint density at radius 3 is 2.69 bits per heavy atom. The van der Waals surface area contributed by atoms with Crippen molar-refractivity contribution in [2.45, 2.75) is 19.8 Å². The van der Waals surface area contributed by atoms with E-state index in [0.717, 1.165) is 43.9 Å². The number of anilines is 2. The highest BCUT2D eigenvalue weighted by molar-refractivity contribution is 5.68. The van der Waals surface area contributed by atoms with Gasteiger partial charge in [0.25, 0.3) is 5.89 Å². The van der Waals surface area contributed by atoms with Gasteiger partial charge in [0.15, 0.2) is 5.82 Å². The Kier molecular flexibility index (Phi) is 4.77. The third-order valence-electron chi connectivity index (χ3n) is 4.77. The first-order valence-electron chi connectivity index (χ1n) is 8.94. The van der Waals surface area contributed by atoms with Crippen molar-refractivity contribution < 1.29 is 4.52 Å². The molecule has 3 aromatic rings. The van der Waals surface area contributed by atoms with E-state index in [1.54, 1.807) is 6.20 Å². The van der Waals surface area contributed by atoms with Crippen LogP contribution in [0, 0.1) is 12.8 Å². The van der Waals surface area contributed by atoms with E-state index < -0.39 is 0 Å². The predicted octanol–water partition coefficient (Wildman–Crippen LogP) is 3.16. The molecule has 4 heterocycles. The summed E-state index contributed by atoms with van der Waals surface area (Å²) in [5.74, 6) is 2.55. The standard InChI is InChI=1S/C19H22N6O/c1-14-23-19(26-24-14)17-3-2-8-21-18(17)22-13-15-6-11-25(12-7-15)16-4-9-20-10-5-16/h2-5,8-10,15H,6-7,11-13H2,1H3,(H,21,22). The highest BCUT2D eigenvalue weighted by Gasteiger charge is 2.20. The Balaban J connectivity index is 1.36. The van der Waals surface area contributed by atoms with Crippen LogP contribution in [0.25, 0.3) is 11.5 Å². The van der Waals surface area contributed by atoms with Crippen LogP contribution in [0.1, 0.15) is 18.7 Å². The molecular formula is C19H22N6O. The Morgan fingerprint density at radius 2 is 1.96 bits per heavy atom. The molecule has 0 aliphatic carbocycles. The molecule has 0 unspecified atom stereocenters. The minimum absolute atomic E-state index is 0.505. The third kappa shape index (κ3) is 3.66. The summed E-state index contributed by atoms with van der Waals surface area (Å²) in [6.45, 7) is 4.83. The summed E-state index contributed by atoms with van der Waals surface area (Å²) in [5.41, 5.74) is 2.10. The lowest BCUT2D eigenvalue weighted by Crippen LogP contribution is -2.35. The van der Waals surface area contributed by atoms with Crippen molar-refractivity contribution >= 4 is 11.5 Å². The highest BCUT2D eigenvalue weighted by atomic mass is 16.5. The van der Waals surface area contributed by atoms with Crippen molar-refractivity contribution in [1.82, 2.24) is 20.1 Å². The Labute approximate surface area is 152 Å². The molecule has 1 N–H and O–H groups in total. The van der Waals surface area contributed by atoms with Crippen LogP contribution >= 0.6 is 0 Å². The van der Waals surface area contributed by atoms with Crippen molar-refractivity contribution in [3.63, 3.8) is 0 Å². The zero-order valence-corrected chi connectivity index (χ0v) is 14.8. The number of aromatic nitrogens is 4. The van der Waals surface area contributed by atoms with Crippen molar-refractivity contribution in [2.75, 3.05) is 29.9 Å². The average Bonchev–Trinajstić information content (AvgIpc) is 3.14. The summed E-state index contributed by atoms with van der Waals surface area (Å²) in [4.78, 5) is 15.3. The first kappa shape index (κ1) is 16.5. The third-order valence-corrected chi connectivity index (χ3v) is 4.77. The summed E-state index contributed by atoms with van der Waals surface area (Å²) < 4.78 is 5.29. The van der Waals surface area contributed by atoms with E-state index in [9.17, 15) is 0 Å². The van der Waals surface area contributed by atoms with Gasteiger partial charge in [-0.1, -0.05) is 5.16 Å². The number of rotatable bonds is 5. The molecule has 0 saturated carbocycles. The van der Waals surface area contributed by atoms with Crippen LogP contribution < -0.4 is 10.2 Å². The lowest BCUT2D eigenvalue weighted by Gasteiger charge is -2.33. The smallest absolute Gasteiger partial charge is 0.261 e. The normalized spacial score (nSPS) is 15.2. The fraction of sp³-hybridized carbons (Fsp3) is 0.368. The molecular weight excluding hydrogens is 328 g/mol. The zero-order chi connectivity index (χ0) is 17.8. The van der Waals surface area contributed by atoms with Crippen LogP contribution in [0.4, 0.5) is 11.5 Å². The molecule has 0 aromatic carbocycles. The second-order valence-electron chi connectivity index (χ2n) is 6.56. The number of hydrogen-bond acceptors (Lipinski definition) is 7. The molecule has 0 amide bonds. The van der Waals surface area contributed by atoms with Gasteiger partial charge in [0, 0.05) is 43.9 Å². The molecule has 1 saturated heterocycles.